The average molecular weight is 251 g/mol. The van der Waals surface area contributed by atoms with Gasteiger partial charge in [0, 0.05) is 19.7 Å². The maximum atomic E-state index is 11.5. The molecular formula is C11H23ClN2O2. The van der Waals surface area contributed by atoms with Crippen LogP contribution >= 0.6 is 12.4 Å². The summed E-state index contributed by atoms with van der Waals surface area (Å²) < 4.78 is 4.88. The molecule has 0 saturated heterocycles. The molecule has 0 aromatic carbocycles. The van der Waals surface area contributed by atoms with Crippen LogP contribution in [-0.2, 0) is 9.53 Å². The molecule has 4 nitrogen and oxygen atoms in total. The number of methoxy groups -OCH3 is 1. The van der Waals surface area contributed by atoms with Crippen LogP contribution in [0.5, 0.6) is 0 Å². The Labute approximate surface area is 104 Å². The van der Waals surface area contributed by atoms with Gasteiger partial charge >= 0.3 is 0 Å². The zero-order valence-electron chi connectivity index (χ0n) is 9.96. The lowest BCUT2D eigenvalue weighted by Crippen LogP contribution is -2.41. The largest absolute Gasteiger partial charge is 0.383 e. The number of hydrogen-bond acceptors (Lipinski definition) is 3. The molecule has 1 saturated carbocycles. The van der Waals surface area contributed by atoms with Gasteiger partial charge in [-0.2, -0.15) is 0 Å². The van der Waals surface area contributed by atoms with E-state index in [2.05, 4.69) is 10.6 Å². The second kappa shape index (κ2) is 9.87. The van der Waals surface area contributed by atoms with Gasteiger partial charge in [-0.05, 0) is 12.8 Å². The zero-order valence-corrected chi connectivity index (χ0v) is 10.8. The lowest BCUT2D eigenvalue weighted by atomic mass is 9.95. The summed E-state index contributed by atoms with van der Waals surface area (Å²) in [5.74, 6) is 0.109. The van der Waals surface area contributed by atoms with E-state index < -0.39 is 0 Å². The van der Waals surface area contributed by atoms with Crippen LogP contribution in [0.15, 0.2) is 0 Å². The van der Waals surface area contributed by atoms with Crippen LogP contribution in [0, 0.1) is 0 Å². The molecule has 2 N–H and O–H groups in total. The first-order valence-corrected chi connectivity index (χ1v) is 5.82. The van der Waals surface area contributed by atoms with Crippen molar-refractivity contribution in [2.24, 2.45) is 0 Å². The van der Waals surface area contributed by atoms with Crippen molar-refractivity contribution >= 4 is 18.3 Å². The smallest absolute Gasteiger partial charge is 0.234 e. The van der Waals surface area contributed by atoms with E-state index in [1.165, 1.54) is 19.3 Å². The lowest BCUT2D eigenvalue weighted by Gasteiger charge is -2.22. The summed E-state index contributed by atoms with van der Waals surface area (Å²) in [5.41, 5.74) is 0. The molecule has 0 radical (unpaired) electrons. The SMILES string of the molecule is COCCNCC(=O)NC1CCCCC1.Cl. The molecule has 0 bridgehead atoms. The predicted molar refractivity (Wildman–Crippen MR) is 67.0 cm³/mol. The third-order valence-electron chi connectivity index (χ3n) is 2.74. The molecule has 0 spiro atoms. The molecule has 0 heterocycles. The van der Waals surface area contributed by atoms with E-state index in [9.17, 15) is 4.79 Å². The Morgan fingerprint density at radius 2 is 2.00 bits per heavy atom. The van der Waals surface area contributed by atoms with Gasteiger partial charge < -0.3 is 15.4 Å². The predicted octanol–water partition coefficient (Wildman–Crippen LogP) is 1.09. The van der Waals surface area contributed by atoms with Crippen molar-refractivity contribution in [2.75, 3.05) is 26.8 Å². The molecule has 1 aliphatic rings. The van der Waals surface area contributed by atoms with E-state index in [1.807, 2.05) is 0 Å². The van der Waals surface area contributed by atoms with Gasteiger partial charge in [0.15, 0.2) is 0 Å². The van der Waals surface area contributed by atoms with Crippen LogP contribution in [0.4, 0.5) is 0 Å². The number of hydrogen-bond donors (Lipinski definition) is 2. The van der Waals surface area contributed by atoms with Crippen molar-refractivity contribution in [1.82, 2.24) is 10.6 Å². The van der Waals surface area contributed by atoms with Gasteiger partial charge in [0.2, 0.25) is 5.91 Å². The third kappa shape index (κ3) is 7.04. The van der Waals surface area contributed by atoms with E-state index in [0.29, 0.717) is 19.2 Å². The second-order valence-electron chi connectivity index (χ2n) is 4.07. The van der Waals surface area contributed by atoms with Crippen molar-refractivity contribution in [1.29, 1.82) is 0 Å². The molecule has 1 aliphatic carbocycles. The van der Waals surface area contributed by atoms with Gasteiger partial charge in [-0.25, -0.2) is 0 Å². The summed E-state index contributed by atoms with van der Waals surface area (Å²) >= 11 is 0. The highest BCUT2D eigenvalue weighted by Crippen LogP contribution is 2.16. The van der Waals surface area contributed by atoms with E-state index in [1.54, 1.807) is 7.11 Å². The van der Waals surface area contributed by atoms with Gasteiger partial charge in [0.25, 0.3) is 0 Å². The number of nitrogens with one attached hydrogen (secondary N) is 2. The topological polar surface area (TPSA) is 50.4 Å². The molecule has 1 rings (SSSR count). The highest BCUT2D eigenvalue weighted by Gasteiger charge is 2.14. The molecule has 16 heavy (non-hydrogen) atoms. The van der Waals surface area contributed by atoms with Crippen molar-refractivity contribution in [3.05, 3.63) is 0 Å². The van der Waals surface area contributed by atoms with Gasteiger partial charge in [0.1, 0.15) is 0 Å². The van der Waals surface area contributed by atoms with Crippen LogP contribution in [0.3, 0.4) is 0 Å². The maximum absolute atomic E-state index is 11.5. The average Bonchev–Trinajstić information content (AvgIpc) is 2.26. The van der Waals surface area contributed by atoms with Gasteiger partial charge in [0.05, 0.1) is 13.2 Å². The van der Waals surface area contributed by atoms with E-state index in [0.717, 1.165) is 19.4 Å². The summed E-state index contributed by atoms with van der Waals surface area (Å²) in [6.45, 7) is 1.78. The molecule has 1 fully saturated rings. The van der Waals surface area contributed by atoms with Crippen molar-refractivity contribution < 1.29 is 9.53 Å². The fourth-order valence-corrected chi connectivity index (χ4v) is 1.90. The lowest BCUT2D eigenvalue weighted by molar-refractivity contribution is -0.121. The van der Waals surface area contributed by atoms with Crippen LogP contribution in [-0.4, -0.2) is 38.8 Å². The second-order valence-corrected chi connectivity index (χ2v) is 4.07. The summed E-state index contributed by atoms with van der Waals surface area (Å²) in [7, 11) is 1.66. The maximum Gasteiger partial charge on any atom is 0.234 e. The first-order valence-electron chi connectivity index (χ1n) is 5.82. The Morgan fingerprint density at radius 3 is 2.62 bits per heavy atom. The summed E-state index contributed by atoms with van der Waals surface area (Å²) in [5, 5.41) is 6.09. The minimum absolute atomic E-state index is 0. The number of ether oxygens (including phenoxy) is 1. The number of carbonyl (C=O) groups excluding carboxylic acids is 1. The van der Waals surface area contributed by atoms with Gasteiger partial charge in [-0.3, -0.25) is 4.79 Å². The molecule has 0 unspecified atom stereocenters. The Hall–Kier alpha value is -0.320. The molecule has 0 aliphatic heterocycles. The molecule has 0 aromatic rings. The Morgan fingerprint density at radius 1 is 1.31 bits per heavy atom. The van der Waals surface area contributed by atoms with Crippen molar-refractivity contribution in [3.8, 4) is 0 Å². The van der Waals surface area contributed by atoms with Crippen molar-refractivity contribution in [3.63, 3.8) is 0 Å². The Kier molecular flexibility index (Phi) is 9.68. The van der Waals surface area contributed by atoms with Crippen LogP contribution in [0.2, 0.25) is 0 Å². The number of halogens is 1. The highest BCUT2D eigenvalue weighted by atomic mass is 35.5. The van der Waals surface area contributed by atoms with Crippen LogP contribution < -0.4 is 10.6 Å². The standard InChI is InChI=1S/C11H22N2O2.ClH/c1-15-8-7-12-9-11(14)13-10-5-3-2-4-6-10;/h10,12H,2-9H2,1H3,(H,13,14);1H. The first-order chi connectivity index (χ1) is 7.33. The normalized spacial score (nSPS) is 16.6. The summed E-state index contributed by atoms with van der Waals surface area (Å²) in [6.07, 6.45) is 6.11. The first kappa shape index (κ1) is 15.7. The highest BCUT2D eigenvalue weighted by molar-refractivity contribution is 5.85. The fourth-order valence-electron chi connectivity index (χ4n) is 1.90. The number of carbonyl (C=O) groups is 1. The summed E-state index contributed by atoms with van der Waals surface area (Å²) in [6, 6.07) is 0.412. The Balaban J connectivity index is 0.00000225. The number of rotatable bonds is 6. The van der Waals surface area contributed by atoms with Gasteiger partial charge in [-0.15, -0.1) is 12.4 Å². The minimum atomic E-state index is 0. The number of amides is 1. The Bertz CT molecular complexity index is 185. The minimum Gasteiger partial charge on any atom is -0.383 e. The van der Waals surface area contributed by atoms with E-state index in [-0.39, 0.29) is 18.3 Å². The fraction of sp³-hybridized carbons (Fsp3) is 0.909. The molecule has 1 amide bonds. The van der Waals surface area contributed by atoms with Crippen LogP contribution in [0.1, 0.15) is 32.1 Å². The zero-order chi connectivity index (χ0) is 10.9. The third-order valence-corrected chi connectivity index (χ3v) is 2.74. The van der Waals surface area contributed by atoms with Gasteiger partial charge in [-0.1, -0.05) is 19.3 Å². The molecule has 0 aromatic heterocycles. The molecular weight excluding hydrogens is 228 g/mol. The van der Waals surface area contributed by atoms with E-state index >= 15 is 0 Å². The van der Waals surface area contributed by atoms with Crippen LogP contribution in [0.25, 0.3) is 0 Å². The molecule has 5 heteroatoms. The van der Waals surface area contributed by atoms with E-state index in [4.69, 9.17) is 4.74 Å². The van der Waals surface area contributed by atoms with Crippen molar-refractivity contribution in [2.45, 2.75) is 38.1 Å². The summed E-state index contributed by atoms with van der Waals surface area (Å²) in [4.78, 5) is 11.5. The monoisotopic (exact) mass is 250 g/mol. The quantitative estimate of drug-likeness (QED) is 0.694. The molecule has 0 atom stereocenters. The molecule has 96 valence electrons.